The summed E-state index contributed by atoms with van der Waals surface area (Å²) in [6, 6.07) is 8.23. The number of nitrogens with zero attached hydrogens (tertiary/aromatic N) is 2. The SMILES string of the molecule is CN1CCC(NC(=O)CCCc2nc3ccccc3s2)CCC1=O. The molecular formula is C18H23N3O2S. The van der Waals surface area contributed by atoms with E-state index < -0.39 is 0 Å². The van der Waals surface area contributed by atoms with Crippen LogP contribution in [-0.4, -0.2) is 41.3 Å². The van der Waals surface area contributed by atoms with E-state index in [4.69, 9.17) is 0 Å². The number of para-hydroxylation sites is 1. The molecule has 2 heterocycles. The van der Waals surface area contributed by atoms with Gasteiger partial charge in [-0.1, -0.05) is 12.1 Å². The summed E-state index contributed by atoms with van der Waals surface area (Å²) in [4.78, 5) is 30.1. The molecule has 0 bridgehead atoms. The Hall–Kier alpha value is -1.95. The van der Waals surface area contributed by atoms with Gasteiger partial charge in [-0.2, -0.15) is 0 Å². The van der Waals surface area contributed by atoms with Crippen molar-refractivity contribution in [2.24, 2.45) is 0 Å². The third-order valence-corrected chi connectivity index (χ3v) is 5.54. The number of likely N-dealkylation sites (tertiary alicyclic amines) is 1. The molecule has 128 valence electrons. The van der Waals surface area contributed by atoms with E-state index in [0.717, 1.165) is 42.8 Å². The van der Waals surface area contributed by atoms with E-state index in [1.54, 1.807) is 16.2 Å². The number of nitrogens with one attached hydrogen (secondary N) is 1. The quantitative estimate of drug-likeness (QED) is 0.906. The summed E-state index contributed by atoms with van der Waals surface area (Å²) in [5.41, 5.74) is 1.04. The number of aryl methyl sites for hydroxylation is 1. The molecule has 1 aliphatic heterocycles. The number of carbonyl (C=O) groups is 2. The number of fused-ring (bicyclic) bond motifs is 1. The Bertz CT molecular complexity index is 695. The largest absolute Gasteiger partial charge is 0.353 e. The monoisotopic (exact) mass is 345 g/mol. The van der Waals surface area contributed by atoms with Gasteiger partial charge in [-0.3, -0.25) is 9.59 Å². The van der Waals surface area contributed by atoms with Crippen molar-refractivity contribution in [2.75, 3.05) is 13.6 Å². The lowest BCUT2D eigenvalue weighted by atomic mass is 10.1. The van der Waals surface area contributed by atoms with E-state index in [2.05, 4.69) is 16.4 Å². The van der Waals surface area contributed by atoms with Gasteiger partial charge in [0.25, 0.3) is 0 Å². The van der Waals surface area contributed by atoms with Crippen LogP contribution in [0.4, 0.5) is 0 Å². The number of rotatable bonds is 5. The summed E-state index contributed by atoms with van der Waals surface area (Å²) in [6.45, 7) is 0.718. The summed E-state index contributed by atoms with van der Waals surface area (Å²) >= 11 is 1.70. The summed E-state index contributed by atoms with van der Waals surface area (Å²) in [5.74, 6) is 0.251. The maximum absolute atomic E-state index is 12.1. The van der Waals surface area contributed by atoms with Crippen molar-refractivity contribution in [1.29, 1.82) is 0 Å². The second kappa shape index (κ2) is 7.75. The highest BCUT2D eigenvalue weighted by molar-refractivity contribution is 7.18. The van der Waals surface area contributed by atoms with Crippen molar-refractivity contribution in [2.45, 2.75) is 44.6 Å². The Labute approximate surface area is 146 Å². The lowest BCUT2D eigenvalue weighted by Crippen LogP contribution is -2.35. The van der Waals surface area contributed by atoms with Crippen molar-refractivity contribution in [1.82, 2.24) is 15.2 Å². The van der Waals surface area contributed by atoms with Gasteiger partial charge in [-0.15, -0.1) is 11.3 Å². The fraction of sp³-hybridized carbons (Fsp3) is 0.500. The molecule has 6 heteroatoms. The van der Waals surface area contributed by atoms with Gasteiger partial charge in [-0.05, 0) is 37.8 Å². The van der Waals surface area contributed by atoms with Gasteiger partial charge < -0.3 is 10.2 Å². The van der Waals surface area contributed by atoms with Crippen LogP contribution < -0.4 is 5.32 Å². The minimum Gasteiger partial charge on any atom is -0.353 e. The van der Waals surface area contributed by atoms with Gasteiger partial charge in [0.2, 0.25) is 11.8 Å². The third kappa shape index (κ3) is 4.32. The lowest BCUT2D eigenvalue weighted by molar-refractivity contribution is -0.129. The number of amides is 2. The minimum atomic E-state index is 0.0816. The molecule has 1 atom stereocenters. The Morgan fingerprint density at radius 3 is 3.04 bits per heavy atom. The third-order valence-electron chi connectivity index (χ3n) is 4.44. The summed E-state index contributed by atoms with van der Waals surface area (Å²) in [7, 11) is 1.82. The van der Waals surface area contributed by atoms with Gasteiger partial charge in [0.1, 0.15) is 0 Å². The van der Waals surface area contributed by atoms with E-state index in [9.17, 15) is 9.59 Å². The van der Waals surface area contributed by atoms with Crippen LogP contribution in [0.3, 0.4) is 0 Å². The summed E-state index contributed by atoms with van der Waals surface area (Å²) < 4.78 is 1.20. The van der Waals surface area contributed by atoms with Crippen LogP contribution in [0.25, 0.3) is 10.2 Å². The molecule has 1 unspecified atom stereocenters. The molecule has 2 amide bonds. The number of hydrogen-bond acceptors (Lipinski definition) is 4. The topological polar surface area (TPSA) is 62.3 Å². The molecule has 1 N–H and O–H groups in total. The van der Waals surface area contributed by atoms with E-state index in [1.807, 2.05) is 25.2 Å². The predicted octanol–water partition coefficient (Wildman–Crippen LogP) is 2.75. The maximum Gasteiger partial charge on any atom is 0.222 e. The Morgan fingerprint density at radius 2 is 2.21 bits per heavy atom. The average molecular weight is 345 g/mol. The smallest absolute Gasteiger partial charge is 0.222 e. The number of hydrogen-bond donors (Lipinski definition) is 1. The zero-order chi connectivity index (χ0) is 16.9. The number of thiazole rings is 1. The van der Waals surface area contributed by atoms with Crippen LogP contribution in [0.2, 0.25) is 0 Å². The molecule has 5 nitrogen and oxygen atoms in total. The fourth-order valence-corrected chi connectivity index (χ4v) is 3.99. The molecule has 1 saturated heterocycles. The number of aromatic nitrogens is 1. The fourth-order valence-electron chi connectivity index (χ4n) is 2.98. The molecule has 0 saturated carbocycles. The van der Waals surface area contributed by atoms with Crippen LogP contribution >= 0.6 is 11.3 Å². The minimum absolute atomic E-state index is 0.0816. The highest BCUT2D eigenvalue weighted by Crippen LogP contribution is 2.22. The molecule has 0 spiro atoms. The molecule has 24 heavy (non-hydrogen) atoms. The van der Waals surface area contributed by atoms with Crippen LogP contribution in [0, 0.1) is 0 Å². The van der Waals surface area contributed by atoms with Crippen LogP contribution in [-0.2, 0) is 16.0 Å². The Balaban J connectivity index is 1.43. The molecule has 3 rings (SSSR count). The first kappa shape index (κ1) is 16.9. The van der Waals surface area contributed by atoms with Crippen molar-refractivity contribution in [3.05, 3.63) is 29.3 Å². The summed E-state index contributed by atoms with van der Waals surface area (Å²) in [6.07, 6.45) is 4.25. The first-order chi connectivity index (χ1) is 11.6. The maximum atomic E-state index is 12.1. The predicted molar refractivity (Wildman–Crippen MR) is 96.0 cm³/mol. The van der Waals surface area contributed by atoms with Crippen LogP contribution in [0.5, 0.6) is 0 Å². The van der Waals surface area contributed by atoms with Crippen molar-refractivity contribution in [3.8, 4) is 0 Å². The van der Waals surface area contributed by atoms with Crippen molar-refractivity contribution >= 4 is 33.4 Å². The first-order valence-corrected chi connectivity index (χ1v) is 9.31. The van der Waals surface area contributed by atoms with Crippen LogP contribution in [0.1, 0.15) is 37.1 Å². The normalized spacial score (nSPS) is 18.6. The molecule has 1 fully saturated rings. The van der Waals surface area contributed by atoms with Gasteiger partial charge in [0.15, 0.2) is 0 Å². The van der Waals surface area contributed by atoms with Crippen LogP contribution in [0.15, 0.2) is 24.3 Å². The number of benzene rings is 1. The number of carbonyl (C=O) groups excluding carboxylic acids is 2. The second-order valence-electron chi connectivity index (χ2n) is 6.34. The molecule has 2 aromatic rings. The summed E-state index contributed by atoms with van der Waals surface area (Å²) in [5, 5.41) is 4.17. The zero-order valence-corrected chi connectivity index (χ0v) is 14.8. The molecule has 1 aliphatic rings. The molecule has 1 aromatic heterocycles. The van der Waals surface area contributed by atoms with Crippen molar-refractivity contribution in [3.63, 3.8) is 0 Å². The van der Waals surface area contributed by atoms with E-state index in [-0.39, 0.29) is 17.9 Å². The second-order valence-corrected chi connectivity index (χ2v) is 7.45. The van der Waals surface area contributed by atoms with Gasteiger partial charge in [0.05, 0.1) is 15.2 Å². The standard InChI is InChI=1S/C18H23N3O2S/c1-21-12-11-13(9-10-18(21)23)19-16(22)7-4-8-17-20-14-5-2-3-6-15(14)24-17/h2-3,5-6,13H,4,7-12H2,1H3,(H,19,22). The Morgan fingerprint density at radius 1 is 1.38 bits per heavy atom. The molecule has 0 aliphatic carbocycles. The zero-order valence-electron chi connectivity index (χ0n) is 14.0. The van der Waals surface area contributed by atoms with Gasteiger partial charge in [-0.25, -0.2) is 4.98 Å². The molecule has 1 aromatic carbocycles. The first-order valence-electron chi connectivity index (χ1n) is 8.49. The average Bonchev–Trinajstić information content (AvgIpc) is 2.92. The van der Waals surface area contributed by atoms with E-state index >= 15 is 0 Å². The highest BCUT2D eigenvalue weighted by Gasteiger charge is 2.20. The van der Waals surface area contributed by atoms with E-state index in [1.165, 1.54) is 4.70 Å². The lowest BCUT2D eigenvalue weighted by Gasteiger charge is -2.16. The molecule has 0 radical (unpaired) electrons. The highest BCUT2D eigenvalue weighted by atomic mass is 32.1. The van der Waals surface area contributed by atoms with E-state index in [0.29, 0.717) is 12.8 Å². The molecular weight excluding hydrogens is 322 g/mol. The Kier molecular flexibility index (Phi) is 5.45. The van der Waals surface area contributed by atoms with Crippen molar-refractivity contribution < 1.29 is 9.59 Å². The van der Waals surface area contributed by atoms with Gasteiger partial charge >= 0.3 is 0 Å². The van der Waals surface area contributed by atoms with Gasteiger partial charge in [0, 0.05) is 32.5 Å².